The van der Waals surface area contributed by atoms with Crippen molar-refractivity contribution in [1.29, 1.82) is 0 Å². The molecule has 9 rings (SSSR count). The van der Waals surface area contributed by atoms with E-state index in [9.17, 15) is 30.6 Å². The topological polar surface area (TPSA) is 157 Å². The molecule has 3 atom stereocenters. The Labute approximate surface area is 354 Å². The molecule has 6 aromatic rings. The fourth-order valence-corrected chi connectivity index (χ4v) is 8.77. The van der Waals surface area contributed by atoms with Crippen molar-refractivity contribution in [2.24, 2.45) is 0 Å². The number of nitrogens with one attached hydrogen (secondary N) is 3. The van der Waals surface area contributed by atoms with E-state index in [1.54, 1.807) is 30.3 Å². The van der Waals surface area contributed by atoms with Crippen molar-refractivity contribution >= 4 is 23.2 Å². The highest BCUT2D eigenvalue weighted by atomic mass is 35.5. The minimum atomic E-state index is -0.262. The van der Waals surface area contributed by atoms with E-state index in [-0.39, 0.29) is 57.3 Å². The van der Waals surface area contributed by atoms with E-state index in [1.807, 2.05) is 48.5 Å². The van der Waals surface area contributed by atoms with Crippen molar-refractivity contribution in [3.05, 3.63) is 175 Å². The average Bonchev–Trinajstić information content (AvgIpc) is 3.68. The predicted molar refractivity (Wildman–Crippen MR) is 234 cm³/mol. The van der Waals surface area contributed by atoms with Gasteiger partial charge < -0.3 is 46.6 Å². The Hall–Kier alpha value is -5.42. The zero-order valence-corrected chi connectivity index (χ0v) is 34.0. The highest BCUT2D eigenvalue weighted by Gasteiger charge is 2.26. The van der Waals surface area contributed by atoms with Gasteiger partial charge in [0.05, 0.1) is 10.0 Å². The second kappa shape index (κ2) is 19.1. The first-order chi connectivity index (χ1) is 28.6. The number of phenolic OH excluding ortho intramolecular Hbond substituents is 6. The Morgan fingerprint density at radius 2 is 0.881 bits per heavy atom. The largest absolute Gasteiger partial charge is 0.508 e. The lowest BCUT2D eigenvalue weighted by molar-refractivity contribution is 0.402. The van der Waals surface area contributed by atoms with Crippen LogP contribution < -0.4 is 16.0 Å². The Balaban J connectivity index is 0.000000134. The van der Waals surface area contributed by atoms with E-state index in [0.717, 1.165) is 73.4 Å². The number of fused-ring (bicyclic) bond motifs is 3. The Bertz CT molecular complexity index is 2260. The molecular formula is C48H49Cl2N3O6. The lowest BCUT2D eigenvalue weighted by Gasteiger charge is -2.20. The number of aromatic hydroxyl groups is 6. The third-order valence-electron chi connectivity index (χ3n) is 11.4. The lowest BCUT2D eigenvalue weighted by Crippen LogP contribution is -2.20. The highest BCUT2D eigenvalue weighted by molar-refractivity contribution is 6.33. The van der Waals surface area contributed by atoms with E-state index < -0.39 is 0 Å². The molecule has 0 saturated carbocycles. The number of benzene rings is 6. The van der Waals surface area contributed by atoms with Gasteiger partial charge in [-0.15, -0.1) is 0 Å². The maximum Gasteiger partial charge on any atom is 0.176 e. The zero-order valence-electron chi connectivity index (χ0n) is 32.5. The van der Waals surface area contributed by atoms with Gasteiger partial charge in [-0.1, -0.05) is 96.0 Å². The van der Waals surface area contributed by atoms with Crippen LogP contribution in [0.4, 0.5) is 0 Å². The van der Waals surface area contributed by atoms with Gasteiger partial charge in [0.2, 0.25) is 0 Å². The third-order valence-corrected chi connectivity index (χ3v) is 12.1. The number of rotatable bonds is 3. The first-order valence-corrected chi connectivity index (χ1v) is 20.6. The molecule has 6 aromatic carbocycles. The van der Waals surface area contributed by atoms with Crippen molar-refractivity contribution in [2.45, 2.75) is 37.0 Å². The molecule has 306 valence electrons. The van der Waals surface area contributed by atoms with Crippen LogP contribution in [0.25, 0.3) is 0 Å². The van der Waals surface area contributed by atoms with Crippen LogP contribution >= 0.6 is 23.2 Å². The Morgan fingerprint density at radius 3 is 1.44 bits per heavy atom. The smallest absolute Gasteiger partial charge is 0.176 e. The molecule has 0 spiro atoms. The molecule has 0 fully saturated rings. The van der Waals surface area contributed by atoms with Crippen LogP contribution in [0.1, 0.15) is 67.8 Å². The van der Waals surface area contributed by atoms with Gasteiger partial charge in [0.25, 0.3) is 0 Å². The first kappa shape index (κ1) is 41.7. The van der Waals surface area contributed by atoms with Gasteiger partial charge in [-0.2, -0.15) is 0 Å². The molecule has 3 aliphatic heterocycles. The summed E-state index contributed by atoms with van der Waals surface area (Å²) in [5, 5.41) is 69.3. The summed E-state index contributed by atoms with van der Waals surface area (Å²) in [5.41, 5.74) is 9.88. The number of phenols is 6. The fourth-order valence-electron chi connectivity index (χ4n) is 8.29. The van der Waals surface area contributed by atoms with Gasteiger partial charge in [0.1, 0.15) is 11.5 Å². The molecule has 9 N–H and O–H groups in total. The molecule has 0 radical (unpaired) electrons. The summed E-state index contributed by atoms with van der Waals surface area (Å²) >= 11 is 12.2. The number of hydrogen-bond donors (Lipinski definition) is 9. The van der Waals surface area contributed by atoms with E-state index in [0.29, 0.717) is 18.0 Å². The quantitative estimate of drug-likeness (QED) is 0.0799. The second-order valence-electron chi connectivity index (χ2n) is 15.1. The summed E-state index contributed by atoms with van der Waals surface area (Å²) in [5.74, 6) is 0.329. The van der Waals surface area contributed by atoms with Gasteiger partial charge >= 0.3 is 0 Å². The van der Waals surface area contributed by atoms with Gasteiger partial charge in [-0.3, -0.25) is 0 Å². The molecule has 0 aliphatic carbocycles. The predicted octanol–water partition coefficient (Wildman–Crippen LogP) is 8.43. The van der Waals surface area contributed by atoms with Crippen LogP contribution in [0, 0.1) is 0 Å². The van der Waals surface area contributed by atoms with Crippen LogP contribution in [0.2, 0.25) is 10.0 Å². The minimum Gasteiger partial charge on any atom is -0.508 e. The standard InChI is InChI=1S/C16H16ClNO3.C16H16ClNO.C16H17NO2/c17-15-11-5-6-18-8-13(9-1-3-10(19)4-2-9)12(11)7-14(20)16(15)21;17-15-8-12-6-7-18-10-14(13(12)9-16(15)19)11-4-2-1-3-5-11;18-15-8-12-6-7-17-10-14(13(12)9-16(15)19)11-4-2-1-3-5-11/h1-4,7,13,18-21H,5-6,8H2;1-5,8-9,14,18-19H,6-7,10H2;1-5,8-9,14,17-19H,6-7,10H2. The minimum absolute atomic E-state index is 0.00657. The van der Waals surface area contributed by atoms with Crippen molar-refractivity contribution in [3.8, 4) is 34.5 Å². The molecular weight excluding hydrogens is 785 g/mol. The molecule has 59 heavy (non-hydrogen) atoms. The first-order valence-electron chi connectivity index (χ1n) is 19.9. The van der Waals surface area contributed by atoms with Crippen LogP contribution in [0.5, 0.6) is 34.5 Å². The van der Waals surface area contributed by atoms with Gasteiger partial charge in [0, 0.05) is 37.4 Å². The highest BCUT2D eigenvalue weighted by Crippen LogP contribution is 2.43. The second-order valence-corrected chi connectivity index (χ2v) is 15.9. The summed E-state index contributed by atoms with van der Waals surface area (Å²) < 4.78 is 0. The molecule has 3 aliphatic rings. The van der Waals surface area contributed by atoms with Crippen LogP contribution in [0.15, 0.2) is 115 Å². The molecule has 0 saturated heterocycles. The Kier molecular flexibility index (Phi) is 13.5. The van der Waals surface area contributed by atoms with Gasteiger partial charge in [0.15, 0.2) is 23.0 Å². The van der Waals surface area contributed by atoms with Gasteiger partial charge in [-0.05, 0) is 131 Å². The summed E-state index contributed by atoms with van der Waals surface area (Å²) in [6, 6.07) is 36.3. The molecule has 0 aromatic heterocycles. The SMILES string of the molecule is Oc1cc2c(cc1Cl)CCNCC2c1ccccc1.Oc1cc2c(cc1O)C(c1ccccc1)CNCC2.Oc1ccc(C2CNCCc3c2cc(O)c(O)c3Cl)cc1. The number of halogens is 2. The summed E-state index contributed by atoms with van der Waals surface area (Å²) in [7, 11) is 0. The van der Waals surface area contributed by atoms with Crippen molar-refractivity contribution in [3.63, 3.8) is 0 Å². The third kappa shape index (κ3) is 9.73. The lowest BCUT2D eigenvalue weighted by atomic mass is 9.87. The van der Waals surface area contributed by atoms with Crippen LogP contribution in [0.3, 0.4) is 0 Å². The maximum atomic E-state index is 9.88. The fraction of sp³-hybridized carbons (Fsp3) is 0.250. The molecule has 0 amide bonds. The van der Waals surface area contributed by atoms with Crippen molar-refractivity contribution in [1.82, 2.24) is 16.0 Å². The van der Waals surface area contributed by atoms with E-state index in [2.05, 4.69) is 52.3 Å². The monoisotopic (exact) mass is 833 g/mol. The van der Waals surface area contributed by atoms with E-state index >= 15 is 0 Å². The van der Waals surface area contributed by atoms with Crippen molar-refractivity contribution < 1.29 is 30.6 Å². The van der Waals surface area contributed by atoms with E-state index in [4.69, 9.17) is 23.2 Å². The van der Waals surface area contributed by atoms with Crippen LogP contribution in [-0.2, 0) is 19.3 Å². The van der Waals surface area contributed by atoms with E-state index in [1.165, 1.54) is 22.3 Å². The molecule has 3 heterocycles. The molecule has 0 bridgehead atoms. The summed E-state index contributed by atoms with van der Waals surface area (Å²) in [4.78, 5) is 0. The molecule has 11 heteroatoms. The maximum absolute atomic E-state index is 9.88. The molecule has 9 nitrogen and oxygen atoms in total. The normalized spacial score (nSPS) is 18.4. The van der Waals surface area contributed by atoms with Gasteiger partial charge in [-0.25, -0.2) is 0 Å². The van der Waals surface area contributed by atoms with Crippen LogP contribution in [-0.4, -0.2) is 69.9 Å². The average molecular weight is 835 g/mol. The van der Waals surface area contributed by atoms with Crippen molar-refractivity contribution in [2.75, 3.05) is 39.3 Å². The summed E-state index contributed by atoms with van der Waals surface area (Å²) in [6.45, 7) is 5.03. The zero-order chi connectivity index (χ0) is 41.5. The molecule has 3 unspecified atom stereocenters. The Morgan fingerprint density at radius 1 is 0.441 bits per heavy atom. The summed E-state index contributed by atoms with van der Waals surface area (Å²) in [6.07, 6.45) is 2.50. The number of hydrogen-bond acceptors (Lipinski definition) is 9.